The van der Waals surface area contributed by atoms with Crippen LogP contribution in [0.1, 0.15) is 24.4 Å². The molecule has 2 rings (SSSR count). The van der Waals surface area contributed by atoms with Gasteiger partial charge in [-0.15, -0.1) is 0 Å². The highest BCUT2D eigenvalue weighted by Gasteiger charge is 2.25. The Hall–Kier alpha value is -1.37. The minimum absolute atomic E-state index is 0.150. The van der Waals surface area contributed by atoms with Gasteiger partial charge >= 0.3 is 5.97 Å². The van der Waals surface area contributed by atoms with Crippen molar-refractivity contribution in [2.24, 2.45) is 5.92 Å². The van der Waals surface area contributed by atoms with Gasteiger partial charge in [-0.1, -0.05) is 0 Å². The maximum Gasteiger partial charge on any atom is 0.309 e. The van der Waals surface area contributed by atoms with Crippen molar-refractivity contribution in [3.63, 3.8) is 0 Å². The number of rotatable bonds is 4. The second-order valence-electron chi connectivity index (χ2n) is 4.60. The molecule has 1 saturated heterocycles. The maximum absolute atomic E-state index is 11.3. The quantitative estimate of drug-likeness (QED) is 0.865. The second-order valence-corrected chi connectivity index (χ2v) is 6.91. The third-order valence-corrected chi connectivity index (χ3v) is 4.78. The first kappa shape index (κ1) is 13.1. The minimum atomic E-state index is -2.85. The fourth-order valence-electron chi connectivity index (χ4n) is 2.07. The van der Waals surface area contributed by atoms with E-state index in [1.807, 2.05) is 0 Å². The second kappa shape index (κ2) is 5.09. The van der Waals surface area contributed by atoms with Crippen LogP contribution in [-0.2, 0) is 27.5 Å². The van der Waals surface area contributed by atoms with Crippen LogP contribution in [0, 0.1) is 5.92 Å². The van der Waals surface area contributed by atoms with Crippen molar-refractivity contribution in [3.05, 3.63) is 17.8 Å². The highest BCUT2D eigenvalue weighted by Crippen LogP contribution is 2.22. The summed E-state index contributed by atoms with van der Waals surface area (Å²) in [5.41, 5.74) is 0.404. The average molecular weight is 273 g/mol. The molecule has 0 saturated carbocycles. The Morgan fingerprint density at radius 3 is 2.72 bits per heavy atom. The normalized spacial score (nSPS) is 19.8. The van der Waals surface area contributed by atoms with E-state index in [1.165, 1.54) is 6.26 Å². The van der Waals surface area contributed by atoms with E-state index in [1.54, 1.807) is 0 Å². The number of oxazole rings is 1. The van der Waals surface area contributed by atoms with Crippen LogP contribution in [0.2, 0.25) is 0 Å². The summed E-state index contributed by atoms with van der Waals surface area (Å²) in [6.07, 6.45) is 3.03. The van der Waals surface area contributed by atoms with Gasteiger partial charge in [0.25, 0.3) is 0 Å². The molecule has 0 unspecified atom stereocenters. The molecule has 1 fully saturated rings. The van der Waals surface area contributed by atoms with E-state index in [4.69, 9.17) is 9.52 Å². The Morgan fingerprint density at radius 1 is 1.44 bits per heavy atom. The van der Waals surface area contributed by atoms with Crippen molar-refractivity contribution in [2.75, 3.05) is 11.5 Å². The molecular weight excluding hydrogens is 258 g/mol. The lowest BCUT2D eigenvalue weighted by Gasteiger charge is -2.20. The van der Waals surface area contributed by atoms with Gasteiger partial charge in [0.05, 0.1) is 23.6 Å². The molecule has 6 nitrogen and oxygen atoms in total. The predicted molar refractivity (Wildman–Crippen MR) is 62.9 cm³/mol. The van der Waals surface area contributed by atoms with Gasteiger partial charge in [0.1, 0.15) is 16.1 Å². The minimum Gasteiger partial charge on any atom is -0.481 e. The largest absolute Gasteiger partial charge is 0.481 e. The molecule has 1 aliphatic rings. The molecular formula is C11H15NO5S. The number of sulfone groups is 1. The van der Waals surface area contributed by atoms with Crippen molar-refractivity contribution >= 4 is 15.8 Å². The number of carbonyl (C=O) groups is 1. The summed E-state index contributed by atoms with van der Waals surface area (Å²) < 4.78 is 27.7. The van der Waals surface area contributed by atoms with E-state index in [9.17, 15) is 13.2 Å². The molecule has 1 N–H and O–H groups in total. The lowest BCUT2D eigenvalue weighted by molar-refractivity contribution is -0.136. The molecule has 0 aliphatic carbocycles. The van der Waals surface area contributed by atoms with Crippen LogP contribution >= 0.6 is 0 Å². The zero-order valence-electron chi connectivity index (χ0n) is 9.83. The van der Waals surface area contributed by atoms with E-state index in [2.05, 4.69) is 4.98 Å². The Labute approximate surface area is 105 Å². The zero-order valence-corrected chi connectivity index (χ0v) is 10.6. The summed E-state index contributed by atoms with van der Waals surface area (Å²) in [6, 6.07) is 0. The van der Waals surface area contributed by atoms with Gasteiger partial charge < -0.3 is 9.52 Å². The summed E-state index contributed by atoms with van der Waals surface area (Å²) >= 11 is 0. The molecule has 1 aromatic heterocycles. The molecule has 0 amide bonds. The van der Waals surface area contributed by atoms with Crippen LogP contribution in [0.25, 0.3) is 0 Å². The number of nitrogens with zero attached hydrogens (tertiary/aromatic N) is 1. The first-order valence-corrected chi connectivity index (χ1v) is 7.62. The lowest BCUT2D eigenvalue weighted by atomic mass is 9.99. The molecule has 0 atom stereocenters. The number of aromatic nitrogens is 1. The molecule has 2 heterocycles. The van der Waals surface area contributed by atoms with E-state index in [-0.39, 0.29) is 23.8 Å². The third kappa shape index (κ3) is 3.56. The molecule has 18 heavy (non-hydrogen) atoms. The lowest BCUT2D eigenvalue weighted by Crippen LogP contribution is -2.24. The highest BCUT2D eigenvalue weighted by molar-refractivity contribution is 7.91. The van der Waals surface area contributed by atoms with Gasteiger partial charge in [-0.3, -0.25) is 4.79 Å². The first-order valence-electron chi connectivity index (χ1n) is 5.80. The Morgan fingerprint density at radius 2 is 2.11 bits per heavy atom. The summed E-state index contributed by atoms with van der Waals surface area (Å²) in [7, 11) is -2.85. The van der Waals surface area contributed by atoms with E-state index >= 15 is 0 Å². The van der Waals surface area contributed by atoms with Crippen molar-refractivity contribution in [3.8, 4) is 0 Å². The summed E-state index contributed by atoms with van der Waals surface area (Å²) in [5.74, 6) is 0.250. The van der Waals surface area contributed by atoms with Gasteiger partial charge in [-0.05, 0) is 18.8 Å². The Balaban J connectivity index is 1.90. The number of carboxylic acid groups (broad SMARTS) is 1. The van der Waals surface area contributed by atoms with Crippen LogP contribution in [-0.4, -0.2) is 36.0 Å². The van der Waals surface area contributed by atoms with Crippen molar-refractivity contribution in [1.82, 2.24) is 4.98 Å². The van der Waals surface area contributed by atoms with Gasteiger partial charge in [0.15, 0.2) is 5.89 Å². The fourth-order valence-corrected chi connectivity index (χ4v) is 3.66. The number of aliphatic carboxylic acids is 1. The Bertz CT molecular complexity index is 519. The Kier molecular flexibility index (Phi) is 3.70. The molecule has 1 aromatic rings. The van der Waals surface area contributed by atoms with Crippen LogP contribution in [0.4, 0.5) is 0 Å². The van der Waals surface area contributed by atoms with Crippen molar-refractivity contribution in [1.29, 1.82) is 0 Å². The predicted octanol–water partition coefficient (Wildman–Crippen LogP) is 0.669. The maximum atomic E-state index is 11.3. The SMILES string of the molecule is O=C(O)Cc1coc(CC2CCS(=O)(=O)CC2)n1. The fraction of sp³-hybridized carbons (Fsp3) is 0.636. The van der Waals surface area contributed by atoms with Gasteiger partial charge in [0, 0.05) is 6.42 Å². The van der Waals surface area contributed by atoms with Crippen molar-refractivity contribution in [2.45, 2.75) is 25.7 Å². The van der Waals surface area contributed by atoms with Gasteiger partial charge in [-0.25, -0.2) is 13.4 Å². The number of hydrogen-bond acceptors (Lipinski definition) is 5. The standard InChI is InChI=1S/C11H15NO5S/c13-11(14)6-9-7-17-10(12-9)5-8-1-3-18(15,16)4-2-8/h7-8H,1-6H2,(H,13,14). The van der Waals surface area contributed by atoms with E-state index < -0.39 is 15.8 Å². The molecule has 0 aromatic carbocycles. The van der Waals surface area contributed by atoms with Crippen LogP contribution in [0.15, 0.2) is 10.7 Å². The molecule has 0 radical (unpaired) electrons. The molecule has 7 heteroatoms. The summed E-state index contributed by atoms with van der Waals surface area (Å²) in [4.78, 5) is 14.6. The smallest absolute Gasteiger partial charge is 0.309 e. The monoisotopic (exact) mass is 273 g/mol. The zero-order chi connectivity index (χ0) is 13.2. The third-order valence-electron chi connectivity index (χ3n) is 3.07. The summed E-state index contributed by atoms with van der Waals surface area (Å²) in [5, 5.41) is 8.61. The molecule has 100 valence electrons. The highest BCUT2D eigenvalue weighted by atomic mass is 32.2. The average Bonchev–Trinajstić information content (AvgIpc) is 2.68. The van der Waals surface area contributed by atoms with Crippen molar-refractivity contribution < 1.29 is 22.7 Å². The molecule has 0 bridgehead atoms. The van der Waals surface area contributed by atoms with Crippen LogP contribution in [0.3, 0.4) is 0 Å². The number of hydrogen-bond donors (Lipinski definition) is 1. The number of carboxylic acids is 1. The van der Waals surface area contributed by atoms with E-state index in [0.29, 0.717) is 30.8 Å². The molecule has 0 spiro atoms. The van der Waals surface area contributed by atoms with Gasteiger partial charge in [-0.2, -0.15) is 0 Å². The first-order chi connectivity index (χ1) is 8.44. The van der Waals surface area contributed by atoms with Crippen LogP contribution in [0.5, 0.6) is 0 Å². The molecule has 1 aliphatic heterocycles. The van der Waals surface area contributed by atoms with Gasteiger partial charge in [0.2, 0.25) is 0 Å². The summed E-state index contributed by atoms with van der Waals surface area (Å²) in [6.45, 7) is 0. The van der Waals surface area contributed by atoms with Crippen LogP contribution < -0.4 is 0 Å². The van der Waals surface area contributed by atoms with E-state index in [0.717, 1.165) is 0 Å². The topological polar surface area (TPSA) is 97.5 Å².